The molecule has 0 aromatic carbocycles. The Morgan fingerprint density at radius 1 is 1.32 bits per heavy atom. The quantitative estimate of drug-likeness (QED) is 0.858. The smallest absolute Gasteiger partial charge is 0.134 e. The molecular formula is C15H24N4. The summed E-state index contributed by atoms with van der Waals surface area (Å²) in [5.74, 6) is 2.30. The molecule has 0 amide bonds. The molecule has 0 saturated heterocycles. The van der Waals surface area contributed by atoms with Crippen molar-refractivity contribution in [3.05, 3.63) is 11.9 Å². The second kappa shape index (κ2) is 3.84. The number of nitrogens with zero attached hydrogens (tertiary/aromatic N) is 2. The van der Waals surface area contributed by atoms with Crippen molar-refractivity contribution in [1.29, 1.82) is 0 Å². The molecule has 0 radical (unpaired) electrons. The predicted octanol–water partition coefficient (Wildman–Crippen LogP) is 2.99. The van der Waals surface area contributed by atoms with Gasteiger partial charge in [-0.3, -0.25) is 0 Å². The van der Waals surface area contributed by atoms with Crippen LogP contribution in [0.5, 0.6) is 0 Å². The highest BCUT2D eigenvalue weighted by Crippen LogP contribution is 2.63. The Morgan fingerprint density at radius 3 is 2.68 bits per heavy atom. The summed E-state index contributed by atoms with van der Waals surface area (Å²) in [6.45, 7) is 9.18. The largest absolute Gasteiger partial charge is 0.383 e. The lowest BCUT2D eigenvalue weighted by atomic mass is 9.68. The van der Waals surface area contributed by atoms with Crippen molar-refractivity contribution in [3.63, 3.8) is 0 Å². The third-order valence-corrected chi connectivity index (χ3v) is 5.67. The molecule has 2 bridgehead atoms. The topological polar surface area (TPSA) is 63.8 Å². The molecule has 3 rings (SSSR count). The Bertz CT molecular complexity index is 506. The first kappa shape index (κ1) is 12.7. The lowest BCUT2D eigenvalue weighted by Gasteiger charge is -2.43. The van der Waals surface area contributed by atoms with Crippen molar-refractivity contribution in [3.8, 4) is 0 Å². The Balaban J connectivity index is 1.93. The molecule has 1 aromatic heterocycles. The third kappa shape index (κ3) is 1.72. The van der Waals surface area contributed by atoms with Crippen LogP contribution in [0.2, 0.25) is 0 Å². The summed E-state index contributed by atoms with van der Waals surface area (Å²) in [6, 6.07) is 0.465. The maximum atomic E-state index is 5.88. The zero-order chi connectivity index (χ0) is 13.8. The summed E-state index contributed by atoms with van der Waals surface area (Å²) in [4.78, 5) is 8.42. The van der Waals surface area contributed by atoms with Crippen LogP contribution >= 0.6 is 0 Å². The summed E-state index contributed by atoms with van der Waals surface area (Å²) in [6.07, 6.45) is 5.56. The molecule has 3 atom stereocenters. The molecule has 19 heavy (non-hydrogen) atoms. The molecular weight excluding hydrogens is 236 g/mol. The molecule has 2 saturated carbocycles. The van der Waals surface area contributed by atoms with Gasteiger partial charge in [-0.25, -0.2) is 9.97 Å². The van der Waals surface area contributed by atoms with Crippen LogP contribution in [0.3, 0.4) is 0 Å². The van der Waals surface area contributed by atoms with E-state index >= 15 is 0 Å². The molecule has 3 N–H and O–H groups in total. The van der Waals surface area contributed by atoms with Gasteiger partial charge >= 0.3 is 0 Å². The van der Waals surface area contributed by atoms with E-state index in [1.807, 2.05) is 6.92 Å². The molecule has 2 aliphatic rings. The second-order valence-corrected chi connectivity index (χ2v) is 7.22. The fourth-order valence-electron chi connectivity index (χ4n) is 4.41. The van der Waals surface area contributed by atoms with Gasteiger partial charge in [-0.05, 0) is 42.9 Å². The van der Waals surface area contributed by atoms with Crippen LogP contribution in [0.4, 0.5) is 11.6 Å². The van der Waals surface area contributed by atoms with Crippen LogP contribution in [-0.2, 0) is 0 Å². The number of hydrogen-bond acceptors (Lipinski definition) is 4. The van der Waals surface area contributed by atoms with Crippen molar-refractivity contribution in [1.82, 2.24) is 9.97 Å². The Hall–Kier alpha value is -1.32. The van der Waals surface area contributed by atoms with Gasteiger partial charge in [0.05, 0.1) is 0 Å². The molecule has 2 fully saturated rings. The number of nitrogen functional groups attached to an aromatic ring is 1. The van der Waals surface area contributed by atoms with E-state index in [1.165, 1.54) is 19.3 Å². The van der Waals surface area contributed by atoms with Gasteiger partial charge in [0.1, 0.15) is 18.0 Å². The van der Waals surface area contributed by atoms with E-state index < -0.39 is 0 Å². The molecule has 3 unspecified atom stereocenters. The van der Waals surface area contributed by atoms with Crippen LogP contribution in [0, 0.1) is 23.7 Å². The summed E-state index contributed by atoms with van der Waals surface area (Å²) in [7, 11) is 0. The van der Waals surface area contributed by atoms with Crippen LogP contribution in [0.15, 0.2) is 6.33 Å². The van der Waals surface area contributed by atoms with E-state index in [4.69, 9.17) is 5.73 Å². The monoisotopic (exact) mass is 260 g/mol. The van der Waals surface area contributed by atoms with Gasteiger partial charge in [-0.2, -0.15) is 0 Å². The van der Waals surface area contributed by atoms with Gasteiger partial charge in [-0.15, -0.1) is 0 Å². The number of aromatic nitrogens is 2. The van der Waals surface area contributed by atoms with E-state index in [1.54, 1.807) is 6.33 Å². The lowest BCUT2D eigenvalue weighted by Crippen LogP contribution is -2.46. The van der Waals surface area contributed by atoms with E-state index in [9.17, 15) is 0 Å². The van der Waals surface area contributed by atoms with Crippen LogP contribution in [-0.4, -0.2) is 16.0 Å². The minimum absolute atomic E-state index is 0.319. The molecule has 1 heterocycles. The predicted molar refractivity (Wildman–Crippen MR) is 77.8 cm³/mol. The molecule has 2 aliphatic carbocycles. The number of rotatable bonds is 2. The van der Waals surface area contributed by atoms with E-state index in [0.717, 1.165) is 17.3 Å². The molecule has 104 valence electrons. The minimum atomic E-state index is 0.319. The van der Waals surface area contributed by atoms with Crippen LogP contribution < -0.4 is 11.1 Å². The fraction of sp³-hybridized carbons (Fsp3) is 0.733. The van der Waals surface area contributed by atoms with E-state index in [2.05, 4.69) is 36.1 Å². The summed E-state index contributed by atoms with van der Waals surface area (Å²) in [5, 5.41) is 3.68. The Kier molecular flexibility index (Phi) is 2.57. The Labute approximate surface area is 115 Å². The third-order valence-electron chi connectivity index (χ3n) is 5.67. The second-order valence-electron chi connectivity index (χ2n) is 7.22. The molecule has 4 heteroatoms. The van der Waals surface area contributed by atoms with Gasteiger partial charge in [0, 0.05) is 11.6 Å². The van der Waals surface area contributed by atoms with Crippen molar-refractivity contribution >= 4 is 11.6 Å². The average Bonchev–Trinajstić information content (AvgIpc) is 2.81. The average molecular weight is 260 g/mol. The highest BCUT2D eigenvalue weighted by atomic mass is 15.1. The molecule has 1 aromatic rings. The number of anilines is 2. The number of hydrogen-bond donors (Lipinski definition) is 2. The van der Waals surface area contributed by atoms with Crippen LogP contribution in [0.1, 0.15) is 45.6 Å². The zero-order valence-electron chi connectivity index (χ0n) is 12.3. The normalized spacial score (nSPS) is 35.6. The van der Waals surface area contributed by atoms with Crippen molar-refractivity contribution in [2.45, 2.75) is 53.0 Å². The van der Waals surface area contributed by atoms with Crippen molar-refractivity contribution < 1.29 is 0 Å². The molecule has 4 nitrogen and oxygen atoms in total. The first-order chi connectivity index (χ1) is 8.84. The van der Waals surface area contributed by atoms with Crippen molar-refractivity contribution in [2.75, 3.05) is 11.1 Å². The highest BCUT2D eigenvalue weighted by Gasteiger charge is 2.59. The van der Waals surface area contributed by atoms with Gasteiger partial charge in [0.2, 0.25) is 0 Å². The maximum Gasteiger partial charge on any atom is 0.134 e. The number of nitrogens with two attached hydrogens (primary N) is 1. The standard InChI is InChI=1S/C15H24N4/c1-9-11(16)17-8-18-12(9)19-13-14(2,3)10-5-6-15(13,4)7-10/h8,10,13H,5-7H2,1-4H3,(H3,16,17,18,19). The summed E-state index contributed by atoms with van der Waals surface area (Å²) in [5.41, 5.74) is 7.55. The fourth-order valence-corrected chi connectivity index (χ4v) is 4.41. The van der Waals surface area contributed by atoms with E-state index in [-0.39, 0.29) is 0 Å². The van der Waals surface area contributed by atoms with Crippen LogP contribution in [0.25, 0.3) is 0 Å². The first-order valence-corrected chi connectivity index (χ1v) is 7.18. The number of fused-ring (bicyclic) bond motifs is 2. The number of nitrogens with one attached hydrogen (secondary N) is 1. The van der Waals surface area contributed by atoms with E-state index in [0.29, 0.717) is 22.7 Å². The Morgan fingerprint density at radius 2 is 2.05 bits per heavy atom. The van der Waals surface area contributed by atoms with Crippen molar-refractivity contribution in [2.24, 2.45) is 16.7 Å². The molecule has 0 spiro atoms. The van der Waals surface area contributed by atoms with Gasteiger partial charge in [0.25, 0.3) is 0 Å². The van der Waals surface area contributed by atoms with Gasteiger partial charge in [0.15, 0.2) is 0 Å². The summed E-state index contributed by atoms with van der Waals surface area (Å²) < 4.78 is 0. The van der Waals surface area contributed by atoms with Gasteiger partial charge < -0.3 is 11.1 Å². The van der Waals surface area contributed by atoms with Gasteiger partial charge in [-0.1, -0.05) is 20.8 Å². The zero-order valence-corrected chi connectivity index (χ0v) is 12.3. The maximum absolute atomic E-state index is 5.88. The minimum Gasteiger partial charge on any atom is -0.383 e. The lowest BCUT2D eigenvalue weighted by molar-refractivity contribution is 0.155. The highest BCUT2D eigenvalue weighted by molar-refractivity contribution is 5.55. The molecule has 0 aliphatic heterocycles. The SMILES string of the molecule is Cc1c(N)ncnc1NC1C2(C)CCC(C2)C1(C)C. The first-order valence-electron chi connectivity index (χ1n) is 7.18. The summed E-state index contributed by atoms with van der Waals surface area (Å²) >= 11 is 0.